The first-order valence-electron chi connectivity index (χ1n) is 7.53. The Labute approximate surface area is 128 Å². The maximum Gasteiger partial charge on any atom is 0.0426 e. The molecule has 0 atom stereocenters. The van der Waals surface area contributed by atoms with E-state index < -0.39 is 0 Å². The number of hydrogen-bond donors (Lipinski definition) is 1. The first-order chi connectivity index (χ1) is 9.94. The van der Waals surface area contributed by atoms with Gasteiger partial charge in [0.2, 0.25) is 0 Å². The highest BCUT2D eigenvalue weighted by Gasteiger charge is 2.08. The average molecular weight is 282 g/mol. The lowest BCUT2D eigenvalue weighted by molar-refractivity contribution is 0.424. The summed E-state index contributed by atoms with van der Waals surface area (Å²) in [7, 11) is 2.13. The quantitative estimate of drug-likeness (QED) is 0.883. The summed E-state index contributed by atoms with van der Waals surface area (Å²) in [5, 5.41) is 3.51. The van der Waals surface area contributed by atoms with Crippen LogP contribution in [-0.4, -0.2) is 12.6 Å². The third-order valence-electron chi connectivity index (χ3n) is 3.46. The number of para-hydroxylation sites is 1. The Kier molecular flexibility index (Phi) is 5.03. The van der Waals surface area contributed by atoms with Crippen molar-refractivity contribution >= 4 is 5.69 Å². The Hall–Kier alpha value is -1.80. The minimum absolute atomic E-state index is 0.159. The fourth-order valence-corrected chi connectivity index (χ4v) is 2.18. The highest BCUT2D eigenvalue weighted by Crippen LogP contribution is 2.15. The van der Waals surface area contributed by atoms with Gasteiger partial charge in [-0.05, 0) is 44.0 Å². The van der Waals surface area contributed by atoms with E-state index in [1.807, 2.05) is 6.07 Å². The Balaban J connectivity index is 1.93. The molecular weight excluding hydrogens is 256 g/mol. The van der Waals surface area contributed by atoms with Crippen molar-refractivity contribution in [2.75, 3.05) is 11.9 Å². The molecule has 2 nitrogen and oxygen atoms in total. The number of benzene rings is 2. The van der Waals surface area contributed by atoms with Gasteiger partial charge in [0.15, 0.2) is 0 Å². The molecule has 0 aliphatic rings. The fourth-order valence-electron chi connectivity index (χ4n) is 2.18. The first-order valence-corrected chi connectivity index (χ1v) is 7.53. The van der Waals surface area contributed by atoms with Crippen LogP contribution in [0.2, 0.25) is 0 Å². The summed E-state index contributed by atoms with van der Waals surface area (Å²) in [6.07, 6.45) is 0. The molecule has 0 bridgehead atoms. The van der Waals surface area contributed by atoms with Crippen LogP contribution in [0.1, 0.15) is 31.9 Å². The molecule has 2 rings (SSSR count). The van der Waals surface area contributed by atoms with Crippen LogP contribution in [-0.2, 0) is 13.1 Å². The van der Waals surface area contributed by atoms with E-state index in [9.17, 15) is 0 Å². The third-order valence-corrected chi connectivity index (χ3v) is 3.46. The van der Waals surface area contributed by atoms with Gasteiger partial charge in [0, 0.05) is 31.4 Å². The molecule has 0 amide bonds. The number of rotatable bonds is 5. The molecule has 0 heterocycles. The van der Waals surface area contributed by atoms with Gasteiger partial charge in [-0.1, -0.05) is 42.5 Å². The molecule has 0 saturated carbocycles. The lowest BCUT2D eigenvalue weighted by Gasteiger charge is -2.21. The first kappa shape index (κ1) is 15.6. The van der Waals surface area contributed by atoms with Crippen molar-refractivity contribution in [3.63, 3.8) is 0 Å². The fraction of sp³-hybridized carbons (Fsp3) is 0.368. The third kappa shape index (κ3) is 5.24. The van der Waals surface area contributed by atoms with E-state index in [0.717, 1.165) is 13.1 Å². The van der Waals surface area contributed by atoms with E-state index in [2.05, 4.69) is 86.6 Å². The zero-order valence-electron chi connectivity index (χ0n) is 13.6. The number of nitrogens with one attached hydrogen (secondary N) is 1. The predicted molar refractivity (Wildman–Crippen MR) is 91.6 cm³/mol. The molecule has 0 fully saturated rings. The van der Waals surface area contributed by atoms with Crippen molar-refractivity contribution in [1.29, 1.82) is 0 Å². The van der Waals surface area contributed by atoms with Gasteiger partial charge in [0.25, 0.3) is 0 Å². The number of hydrogen-bond acceptors (Lipinski definition) is 2. The van der Waals surface area contributed by atoms with Crippen LogP contribution in [0, 0.1) is 0 Å². The second-order valence-corrected chi connectivity index (χ2v) is 6.61. The Morgan fingerprint density at radius 1 is 0.857 bits per heavy atom. The Bertz CT molecular complexity index is 538. The highest BCUT2D eigenvalue weighted by atomic mass is 15.1. The maximum atomic E-state index is 3.51. The van der Waals surface area contributed by atoms with Crippen molar-refractivity contribution < 1.29 is 0 Å². The molecule has 21 heavy (non-hydrogen) atoms. The standard InChI is InChI=1S/C19H26N2/c1-19(2,3)20-14-16-10-12-17(13-11-16)15-21(4)18-8-6-5-7-9-18/h5-13,20H,14-15H2,1-4H3. The molecule has 2 heteroatoms. The highest BCUT2D eigenvalue weighted by molar-refractivity contribution is 5.45. The van der Waals surface area contributed by atoms with Gasteiger partial charge in [-0.3, -0.25) is 0 Å². The summed E-state index contributed by atoms with van der Waals surface area (Å²) < 4.78 is 0. The SMILES string of the molecule is CN(Cc1ccc(CNC(C)(C)C)cc1)c1ccccc1. The van der Waals surface area contributed by atoms with Crippen LogP contribution in [0.3, 0.4) is 0 Å². The molecule has 1 N–H and O–H groups in total. The molecule has 0 unspecified atom stereocenters. The molecule has 0 aromatic heterocycles. The van der Waals surface area contributed by atoms with Crippen LogP contribution >= 0.6 is 0 Å². The monoisotopic (exact) mass is 282 g/mol. The molecular formula is C19H26N2. The summed E-state index contributed by atoms with van der Waals surface area (Å²) in [5.74, 6) is 0. The zero-order valence-corrected chi connectivity index (χ0v) is 13.6. The van der Waals surface area contributed by atoms with Crippen LogP contribution in [0.4, 0.5) is 5.69 Å². The van der Waals surface area contributed by atoms with E-state index in [-0.39, 0.29) is 5.54 Å². The van der Waals surface area contributed by atoms with Crippen molar-refractivity contribution in [3.05, 3.63) is 65.7 Å². The van der Waals surface area contributed by atoms with E-state index >= 15 is 0 Å². The Morgan fingerprint density at radius 2 is 1.43 bits per heavy atom. The van der Waals surface area contributed by atoms with Crippen molar-refractivity contribution in [1.82, 2.24) is 5.32 Å². The number of anilines is 1. The van der Waals surface area contributed by atoms with Crippen LogP contribution < -0.4 is 10.2 Å². The molecule has 2 aromatic carbocycles. The average Bonchev–Trinajstić information content (AvgIpc) is 2.46. The van der Waals surface area contributed by atoms with Gasteiger partial charge >= 0.3 is 0 Å². The summed E-state index contributed by atoms with van der Waals surface area (Å²) in [6, 6.07) is 19.4. The lowest BCUT2D eigenvalue weighted by atomic mass is 10.1. The van der Waals surface area contributed by atoms with Crippen molar-refractivity contribution in [2.45, 2.75) is 39.4 Å². The van der Waals surface area contributed by atoms with E-state index in [0.29, 0.717) is 0 Å². The number of nitrogens with zero attached hydrogens (tertiary/aromatic N) is 1. The molecule has 0 saturated heterocycles. The summed E-state index contributed by atoms with van der Waals surface area (Å²) in [6.45, 7) is 8.41. The second kappa shape index (κ2) is 6.77. The smallest absolute Gasteiger partial charge is 0.0426 e. The van der Waals surface area contributed by atoms with Gasteiger partial charge in [-0.2, -0.15) is 0 Å². The molecule has 0 aliphatic heterocycles. The molecule has 0 spiro atoms. The molecule has 0 radical (unpaired) electrons. The van der Waals surface area contributed by atoms with E-state index in [1.54, 1.807) is 0 Å². The van der Waals surface area contributed by atoms with Gasteiger partial charge in [-0.15, -0.1) is 0 Å². The van der Waals surface area contributed by atoms with E-state index in [1.165, 1.54) is 16.8 Å². The minimum Gasteiger partial charge on any atom is -0.370 e. The molecule has 0 aliphatic carbocycles. The largest absolute Gasteiger partial charge is 0.370 e. The second-order valence-electron chi connectivity index (χ2n) is 6.61. The van der Waals surface area contributed by atoms with Gasteiger partial charge < -0.3 is 10.2 Å². The van der Waals surface area contributed by atoms with Crippen LogP contribution in [0.5, 0.6) is 0 Å². The van der Waals surface area contributed by atoms with Gasteiger partial charge in [0.1, 0.15) is 0 Å². The van der Waals surface area contributed by atoms with Crippen LogP contribution in [0.15, 0.2) is 54.6 Å². The molecule has 2 aromatic rings. The summed E-state index contributed by atoms with van der Waals surface area (Å²) in [4.78, 5) is 2.27. The zero-order chi connectivity index (χ0) is 15.3. The normalized spacial score (nSPS) is 11.4. The Morgan fingerprint density at radius 3 is 2.00 bits per heavy atom. The van der Waals surface area contributed by atoms with Crippen LogP contribution in [0.25, 0.3) is 0 Å². The minimum atomic E-state index is 0.159. The topological polar surface area (TPSA) is 15.3 Å². The van der Waals surface area contributed by atoms with Crippen molar-refractivity contribution in [2.24, 2.45) is 0 Å². The summed E-state index contributed by atoms with van der Waals surface area (Å²) in [5.41, 5.74) is 4.07. The van der Waals surface area contributed by atoms with Gasteiger partial charge in [-0.25, -0.2) is 0 Å². The maximum absolute atomic E-state index is 3.51. The van der Waals surface area contributed by atoms with Gasteiger partial charge in [0.05, 0.1) is 0 Å². The lowest BCUT2D eigenvalue weighted by Crippen LogP contribution is -2.35. The summed E-state index contributed by atoms with van der Waals surface area (Å²) >= 11 is 0. The van der Waals surface area contributed by atoms with Crippen molar-refractivity contribution in [3.8, 4) is 0 Å². The van der Waals surface area contributed by atoms with E-state index in [4.69, 9.17) is 0 Å². The molecule has 112 valence electrons. The predicted octanol–water partition coefficient (Wildman–Crippen LogP) is 4.21.